The smallest absolute Gasteiger partial charge is 0.192 e. The van der Waals surface area contributed by atoms with E-state index in [0.717, 1.165) is 23.4 Å². The summed E-state index contributed by atoms with van der Waals surface area (Å²) in [6.45, 7) is 4.65. The van der Waals surface area contributed by atoms with Gasteiger partial charge in [-0.1, -0.05) is 12.1 Å². The summed E-state index contributed by atoms with van der Waals surface area (Å²) < 4.78 is 29.0. The molecule has 1 unspecified atom stereocenters. The third-order valence-corrected chi connectivity index (χ3v) is 4.25. The number of hydrogen-bond donors (Lipinski definition) is 2. The van der Waals surface area contributed by atoms with E-state index < -0.39 is 11.6 Å². The highest BCUT2D eigenvalue weighted by Crippen LogP contribution is 2.17. The van der Waals surface area contributed by atoms with Crippen LogP contribution in [-0.2, 0) is 6.54 Å². The van der Waals surface area contributed by atoms with Gasteiger partial charge in [-0.25, -0.2) is 18.5 Å². The molecule has 0 aliphatic rings. The molecular weight excluding hydrogens is 487 g/mol. The molecule has 0 saturated heterocycles. The fourth-order valence-electron chi connectivity index (χ4n) is 2.80. The summed E-state index contributed by atoms with van der Waals surface area (Å²) in [4.78, 5) is 4.39. The van der Waals surface area contributed by atoms with E-state index in [1.807, 2.05) is 50.4 Å². The SMILES string of the molecule is CCNC(=NCc1cc(F)ccc1F)NC(C)c1cccc(-n2cccn2)c1.I. The summed E-state index contributed by atoms with van der Waals surface area (Å²) in [5.41, 5.74) is 2.22. The van der Waals surface area contributed by atoms with Crippen LogP contribution in [0.1, 0.15) is 31.0 Å². The van der Waals surface area contributed by atoms with Gasteiger partial charge in [0.1, 0.15) is 11.6 Å². The Labute approximate surface area is 186 Å². The van der Waals surface area contributed by atoms with E-state index in [9.17, 15) is 8.78 Å². The third kappa shape index (κ3) is 6.25. The van der Waals surface area contributed by atoms with Crippen LogP contribution in [0, 0.1) is 11.6 Å². The second-order valence-corrected chi connectivity index (χ2v) is 6.34. The summed E-state index contributed by atoms with van der Waals surface area (Å²) in [7, 11) is 0. The first-order valence-corrected chi connectivity index (χ1v) is 9.15. The van der Waals surface area contributed by atoms with Gasteiger partial charge in [0.05, 0.1) is 18.3 Å². The number of benzene rings is 2. The van der Waals surface area contributed by atoms with Gasteiger partial charge in [-0.15, -0.1) is 24.0 Å². The maximum atomic E-state index is 13.8. The second-order valence-electron chi connectivity index (χ2n) is 6.34. The van der Waals surface area contributed by atoms with Crippen molar-refractivity contribution >= 4 is 29.9 Å². The number of nitrogens with zero attached hydrogens (tertiary/aromatic N) is 3. The number of nitrogens with one attached hydrogen (secondary N) is 2. The molecule has 1 aromatic heterocycles. The lowest BCUT2D eigenvalue weighted by molar-refractivity contribution is 0.585. The van der Waals surface area contributed by atoms with Crippen molar-refractivity contribution in [1.29, 1.82) is 0 Å². The Bertz CT molecular complexity index is 944. The highest BCUT2D eigenvalue weighted by Gasteiger charge is 2.10. The molecule has 0 bridgehead atoms. The molecule has 0 radical (unpaired) electrons. The van der Waals surface area contributed by atoms with Gasteiger partial charge in [-0.3, -0.25) is 0 Å². The van der Waals surface area contributed by atoms with Crippen LogP contribution >= 0.6 is 24.0 Å². The molecule has 2 N–H and O–H groups in total. The summed E-state index contributed by atoms with van der Waals surface area (Å²) in [5.74, 6) is -0.419. The normalized spacial score (nSPS) is 12.2. The zero-order chi connectivity index (χ0) is 19.9. The van der Waals surface area contributed by atoms with Gasteiger partial charge in [0.25, 0.3) is 0 Å². The van der Waals surface area contributed by atoms with E-state index in [-0.39, 0.29) is 42.1 Å². The predicted molar refractivity (Wildman–Crippen MR) is 122 cm³/mol. The number of aromatic nitrogens is 2. The molecule has 5 nitrogen and oxygen atoms in total. The van der Waals surface area contributed by atoms with Crippen molar-refractivity contribution in [2.75, 3.05) is 6.54 Å². The van der Waals surface area contributed by atoms with Crippen molar-refractivity contribution < 1.29 is 8.78 Å². The van der Waals surface area contributed by atoms with Crippen molar-refractivity contribution in [3.8, 4) is 5.69 Å². The third-order valence-electron chi connectivity index (χ3n) is 4.25. The van der Waals surface area contributed by atoms with E-state index in [1.165, 1.54) is 6.07 Å². The monoisotopic (exact) mass is 511 g/mol. The standard InChI is InChI=1S/C21H23F2N5.HI/c1-3-24-21(25-14-17-12-18(22)8-9-20(17)23)27-15(2)16-6-4-7-19(13-16)28-11-5-10-26-28;/h4-13,15H,3,14H2,1-2H3,(H2,24,25,27);1H. The molecule has 0 amide bonds. The molecule has 154 valence electrons. The van der Waals surface area contributed by atoms with E-state index in [0.29, 0.717) is 12.5 Å². The number of rotatable bonds is 6. The van der Waals surface area contributed by atoms with Gasteiger partial charge in [0.15, 0.2) is 5.96 Å². The molecule has 0 aliphatic carbocycles. The molecule has 8 heteroatoms. The van der Waals surface area contributed by atoms with Gasteiger partial charge < -0.3 is 10.6 Å². The Morgan fingerprint density at radius 1 is 1.17 bits per heavy atom. The maximum Gasteiger partial charge on any atom is 0.192 e. The van der Waals surface area contributed by atoms with Crippen LogP contribution in [-0.4, -0.2) is 22.3 Å². The average molecular weight is 511 g/mol. The van der Waals surface area contributed by atoms with Crippen LogP contribution in [0.3, 0.4) is 0 Å². The average Bonchev–Trinajstić information content (AvgIpc) is 3.23. The first-order chi connectivity index (χ1) is 13.6. The molecule has 3 rings (SSSR count). The summed E-state index contributed by atoms with van der Waals surface area (Å²) >= 11 is 0. The van der Waals surface area contributed by atoms with E-state index in [4.69, 9.17) is 0 Å². The quantitative estimate of drug-likeness (QED) is 0.290. The minimum absolute atomic E-state index is 0. The molecule has 0 aliphatic heterocycles. The van der Waals surface area contributed by atoms with Gasteiger partial charge in [-0.05, 0) is 55.8 Å². The van der Waals surface area contributed by atoms with Gasteiger partial charge >= 0.3 is 0 Å². The number of halogens is 3. The molecule has 1 atom stereocenters. The van der Waals surface area contributed by atoms with Crippen LogP contribution in [0.2, 0.25) is 0 Å². The van der Waals surface area contributed by atoms with Crippen LogP contribution in [0.4, 0.5) is 8.78 Å². The van der Waals surface area contributed by atoms with Crippen molar-refractivity contribution in [2.45, 2.75) is 26.4 Å². The van der Waals surface area contributed by atoms with Crippen LogP contribution in [0.5, 0.6) is 0 Å². The zero-order valence-corrected chi connectivity index (χ0v) is 18.6. The second kappa shape index (κ2) is 10.9. The first-order valence-electron chi connectivity index (χ1n) is 9.15. The lowest BCUT2D eigenvalue weighted by atomic mass is 10.1. The number of hydrogen-bond acceptors (Lipinski definition) is 2. The molecule has 0 spiro atoms. The summed E-state index contributed by atoms with van der Waals surface area (Å²) in [5, 5.41) is 10.7. The molecule has 1 heterocycles. The molecule has 0 fully saturated rings. The predicted octanol–water partition coefficient (Wildman–Crippen LogP) is 4.58. The Hall–Kier alpha value is -2.49. The molecule has 2 aromatic carbocycles. The van der Waals surface area contributed by atoms with E-state index >= 15 is 0 Å². The highest BCUT2D eigenvalue weighted by atomic mass is 127. The Kier molecular flexibility index (Phi) is 8.56. The fraction of sp³-hybridized carbons (Fsp3) is 0.238. The van der Waals surface area contributed by atoms with Crippen molar-refractivity contribution in [1.82, 2.24) is 20.4 Å². The number of guanidine groups is 1. The highest BCUT2D eigenvalue weighted by molar-refractivity contribution is 14.0. The maximum absolute atomic E-state index is 13.8. The first kappa shape index (κ1) is 22.8. The van der Waals surface area contributed by atoms with Crippen molar-refractivity contribution in [3.05, 3.63) is 83.7 Å². The zero-order valence-electron chi connectivity index (χ0n) is 16.3. The molecule has 29 heavy (non-hydrogen) atoms. The lowest BCUT2D eigenvalue weighted by Gasteiger charge is -2.19. The van der Waals surface area contributed by atoms with Crippen molar-refractivity contribution in [3.63, 3.8) is 0 Å². The molecule has 3 aromatic rings. The van der Waals surface area contributed by atoms with Gasteiger partial charge in [0, 0.05) is 24.5 Å². The van der Waals surface area contributed by atoms with Gasteiger partial charge in [0.2, 0.25) is 0 Å². The topological polar surface area (TPSA) is 54.2 Å². The summed E-state index contributed by atoms with van der Waals surface area (Å²) in [6, 6.07) is 13.2. The minimum atomic E-state index is -0.478. The fourth-order valence-corrected chi connectivity index (χ4v) is 2.80. The minimum Gasteiger partial charge on any atom is -0.357 e. The Morgan fingerprint density at radius 3 is 2.72 bits per heavy atom. The Morgan fingerprint density at radius 2 is 2.00 bits per heavy atom. The summed E-state index contributed by atoms with van der Waals surface area (Å²) in [6.07, 6.45) is 3.62. The Balaban J connectivity index is 0.00000300. The van der Waals surface area contributed by atoms with Crippen LogP contribution in [0.25, 0.3) is 5.69 Å². The largest absolute Gasteiger partial charge is 0.357 e. The number of aliphatic imine (C=N–C) groups is 1. The van der Waals surface area contributed by atoms with Crippen LogP contribution in [0.15, 0.2) is 65.9 Å². The van der Waals surface area contributed by atoms with E-state index in [2.05, 4.69) is 20.7 Å². The molecular formula is C21H24F2IN5. The van der Waals surface area contributed by atoms with Crippen LogP contribution < -0.4 is 10.6 Å². The lowest BCUT2D eigenvalue weighted by Crippen LogP contribution is -2.38. The van der Waals surface area contributed by atoms with Crippen molar-refractivity contribution in [2.24, 2.45) is 4.99 Å². The van der Waals surface area contributed by atoms with Gasteiger partial charge in [-0.2, -0.15) is 5.10 Å². The van der Waals surface area contributed by atoms with E-state index in [1.54, 1.807) is 10.9 Å². The molecule has 0 saturated carbocycles.